The Labute approximate surface area is 156 Å². The summed E-state index contributed by atoms with van der Waals surface area (Å²) < 4.78 is 4.81. The first-order valence-electron chi connectivity index (χ1n) is 8.96. The molecule has 0 unspecified atom stereocenters. The van der Waals surface area contributed by atoms with Crippen molar-refractivity contribution in [3.05, 3.63) is 93.3 Å². The molecule has 4 rings (SSSR count). The molecule has 0 radical (unpaired) electrons. The van der Waals surface area contributed by atoms with Gasteiger partial charge in [-0.25, -0.2) is 4.79 Å². The summed E-state index contributed by atoms with van der Waals surface area (Å²) in [6.45, 7) is 0.722. The van der Waals surface area contributed by atoms with Crippen molar-refractivity contribution in [2.45, 2.75) is 13.0 Å². The number of hydrogen-bond donors (Lipinski definition) is 0. The van der Waals surface area contributed by atoms with Gasteiger partial charge in [-0.15, -0.1) is 0 Å². The summed E-state index contributed by atoms with van der Waals surface area (Å²) in [7, 11) is 3.24. The monoisotopic (exact) mass is 359 g/mol. The maximum absolute atomic E-state index is 12.9. The SMILES string of the molecule is Cn1c(=O)c2c(-c3ccccc3)n(CCc3ccccc3)cc2n(C)c1=O. The Morgan fingerprint density at radius 2 is 1.44 bits per heavy atom. The highest BCUT2D eigenvalue weighted by Crippen LogP contribution is 2.28. The lowest BCUT2D eigenvalue weighted by atomic mass is 10.1. The van der Waals surface area contributed by atoms with Crippen molar-refractivity contribution >= 4 is 10.9 Å². The van der Waals surface area contributed by atoms with Gasteiger partial charge in [0.25, 0.3) is 5.56 Å². The number of aryl methyl sites for hydroxylation is 3. The highest BCUT2D eigenvalue weighted by molar-refractivity contribution is 5.93. The summed E-state index contributed by atoms with van der Waals surface area (Å²) >= 11 is 0. The van der Waals surface area contributed by atoms with Gasteiger partial charge in [-0.1, -0.05) is 60.7 Å². The molecule has 0 bridgehead atoms. The molecule has 0 N–H and O–H groups in total. The molecule has 0 spiro atoms. The molecule has 0 amide bonds. The third-order valence-corrected chi connectivity index (χ3v) is 5.04. The Morgan fingerprint density at radius 3 is 2.11 bits per heavy atom. The van der Waals surface area contributed by atoms with E-state index in [0.29, 0.717) is 10.9 Å². The smallest absolute Gasteiger partial charge is 0.330 e. The summed E-state index contributed by atoms with van der Waals surface area (Å²) in [5.41, 5.74) is 3.15. The Kier molecular flexibility index (Phi) is 4.28. The minimum atomic E-state index is -0.313. The van der Waals surface area contributed by atoms with Crippen LogP contribution in [0.1, 0.15) is 5.56 Å². The summed E-state index contributed by atoms with van der Waals surface area (Å²) in [5, 5.41) is 0.582. The van der Waals surface area contributed by atoms with Gasteiger partial charge in [0, 0.05) is 26.8 Å². The minimum absolute atomic E-state index is 0.259. The van der Waals surface area contributed by atoms with Crippen LogP contribution in [0.3, 0.4) is 0 Å². The van der Waals surface area contributed by atoms with Crippen LogP contribution in [0.5, 0.6) is 0 Å². The summed E-state index contributed by atoms with van der Waals surface area (Å²) in [5.74, 6) is 0. The van der Waals surface area contributed by atoms with E-state index in [1.807, 2.05) is 54.7 Å². The molecule has 0 atom stereocenters. The molecule has 0 aliphatic heterocycles. The zero-order chi connectivity index (χ0) is 19.0. The largest absolute Gasteiger partial charge is 0.344 e. The normalized spacial score (nSPS) is 11.2. The lowest BCUT2D eigenvalue weighted by molar-refractivity contribution is 0.704. The first-order chi connectivity index (χ1) is 13.1. The molecule has 0 aliphatic carbocycles. The van der Waals surface area contributed by atoms with Gasteiger partial charge >= 0.3 is 5.69 Å². The molecule has 0 aliphatic rings. The van der Waals surface area contributed by atoms with Crippen LogP contribution in [0.4, 0.5) is 0 Å². The summed E-state index contributed by atoms with van der Waals surface area (Å²) in [6, 6.07) is 20.1. The van der Waals surface area contributed by atoms with Crippen LogP contribution in [0.2, 0.25) is 0 Å². The van der Waals surface area contributed by atoms with Gasteiger partial charge in [-0.2, -0.15) is 0 Å². The molecule has 2 aromatic heterocycles. The van der Waals surface area contributed by atoms with Crippen molar-refractivity contribution in [2.24, 2.45) is 14.1 Å². The van der Waals surface area contributed by atoms with Crippen molar-refractivity contribution in [1.29, 1.82) is 0 Å². The van der Waals surface area contributed by atoms with Crippen LogP contribution in [0.25, 0.3) is 22.2 Å². The predicted molar refractivity (Wildman–Crippen MR) is 108 cm³/mol. The Bertz CT molecular complexity index is 1220. The fourth-order valence-corrected chi connectivity index (χ4v) is 3.57. The molecule has 5 nitrogen and oxygen atoms in total. The van der Waals surface area contributed by atoms with Crippen LogP contribution in [0, 0.1) is 0 Å². The van der Waals surface area contributed by atoms with Crippen molar-refractivity contribution in [3.63, 3.8) is 0 Å². The molecule has 0 saturated heterocycles. The predicted octanol–water partition coefficient (Wildman–Crippen LogP) is 2.95. The first kappa shape index (κ1) is 17.1. The number of nitrogens with zero attached hydrogens (tertiary/aromatic N) is 3. The molecule has 4 aromatic rings. The highest BCUT2D eigenvalue weighted by Gasteiger charge is 2.19. The number of benzene rings is 2. The molecule has 0 fully saturated rings. The minimum Gasteiger partial charge on any atom is -0.344 e. The molecule has 2 heterocycles. The van der Waals surface area contributed by atoms with Gasteiger partial charge in [0.2, 0.25) is 0 Å². The number of fused-ring (bicyclic) bond motifs is 1. The van der Waals surface area contributed by atoms with Gasteiger partial charge < -0.3 is 4.57 Å². The van der Waals surface area contributed by atoms with E-state index in [2.05, 4.69) is 16.7 Å². The lowest BCUT2D eigenvalue weighted by Crippen LogP contribution is -2.36. The number of aromatic nitrogens is 3. The first-order valence-corrected chi connectivity index (χ1v) is 8.96. The van der Waals surface area contributed by atoms with Gasteiger partial charge in [-0.3, -0.25) is 13.9 Å². The zero-order valence-corrected chi connectivity index (χ0v) is 15.4. The standard InChI is InChI=1S/C22H21N3O2/c1-23-18-15-25(14-13-16-9-5-3-6-10-16)20(17-11-7-4-8-12-17)19(18)21(26)24(2)22(23)27/h3-12,15H,13-14H2,1-2H3. The second-order valence-corrected chi connectivity index (χ2v) is 6.74. The van der Waals surface area contributed by atoms with E-state index in [1.165, 1.54) is 17.2 Å². The highest BCUT2D eigenvalue weighted by atomic mass is 16.2. The number of rotatable bonds is 4. The molecule has 136 valence electrons. The fourth-order valence-electron chi connectivity index (χ4n) is 3.57. The summed E-state index contributed by atoms with van der Waals surface area (Å²) in [4.78, 5) is 25.3. The Hall–Kier alpha value is -3.34. The van der Waals surface area contributed by atoms with Gasteiger partial charge in [-0.05, 0) is 17.5 Å². The Morgan fingerprint density at radius 1 is 0.815 bits per heavy atom. The molecule has 2 aromatic carbocycles. The fraction of sp³-hybridized carbons (Fsp3) is 0.182. The third kappa shape index (κ3) is 2.91. The van der Waals surface area contributed by atoms with Gasteiger partial charge in [0.1, 0.15) is 0 Å². The second-order valence-electron chi connectivity index (χ2n) is 6.74. The lowest BCUT2D eigenvalue weighted by Gasteiger charge is -2.10. The average Bonchev–Trinajstić information content (AvgIpc) is 3.10. The number of hydrogen-bond acceptors (Lipinski definition) is 2. The molecular formula is C22H21N3O2. The van der Waals surface area contributed by atoms with E-state index in [4.69, 9.17) is 0 Å². The Balaban J connectivity index is 1.95. The van der Waals surface area contributed by atoms with Crippen LogP contribution in [0.15, 0.2) is 76.4 Å². The maximum Gasteiger partial charge on any atom is 0.330 e. The van der Waals surface area contributed by atoms with Crippen LogP contribution < -0.4 is 11.2 Å². The molecular weight excluding hydrogens is 338 g/mol. The van der Waals surface area contributed by atoms with Gasteiger partial charge in [0.05, 0.1) is 16.6 Å². The van der Waals surface area contributed by atoms with Gasteiger partial charge in [0.15, 0.2) is 0 Å². The van der Waals surface area contributed by atoms with Crippen molar-refractivity contribution in [1.82, 2.24) is 13.7 Å². The van der Waals surface area contributed by atoms with E-state index in [9.17, 15) is 9.59 Å². The van der Waals surface area contributed by atoms with E-state index < -0.39 is 0 Å². The third-order valence-electron chi connectivity index (χ3n) is 5.04. The van der Waals surface area contributed by atoms with Crippen molar-refractivity contribution < 1.29 is 0 Å². The molecule has 0 saturated carbocycles. The van der Waals surface area contributed by atoms with E-state index in [1.54, 1.807) is 11.6 Å². The topological polar surface area (TPSA) is 48.9 Å². The van der Waals surface area contributed by atoms with E-state index in [-0.39, 0.29) is 11.2 Å². The van der Waals surface area contributed by atoms with Crippen LogP contribution >= 0.6 is 0 Å². The second kappa shape index (κ2) is 6.76. The molecule has 27 heavy (non-hydrogen) atoms. The van der Waals surface area contributed by atoms with E-state index in [0.717, 1.165) is 24.2 Å². The molecule has 5 heteroatoms. The quantitative estimate of drug-likeness (QED) is 0.562. The van der Waals surface area contributed by atoms with Crippen molar-refractivity contribution in [3.8, 4) is 11.3 Å². The van der Waals surface area contributed by atoms with Crippen LogP contribution in [-0.2, 0) is 27.1 Å². The van der Waals surface area contributed by atoms with Crippen molar-refractivity contribution in [2.75, 3.05) is 0 Å². The average molecular weight is 359 g/mol. The van der Waals surface area contributed by atoms with Crippen LogP contribution in [-0.4, -0.2) is 13.7 Å². The van der Waals surface area contributed by atoms with E-state index >= 15 is 0 Å². The summed E-state index contributed by atoms with van der Waals surface area (Å²) in [6.07, 6.45) is 2.76. The maximum atomic E-state index is 12.9. The zero-order valence-electron chi connectivity index (χ0n) is 15.4.